The van der Waals surface area contributed by atoms with Crippen LogP contribution in [0.1, 0.15) is 38.3 Å². The summed E-state index contributed by atoms with van der Waals surface area (Å²) in [5.41, 5.74) is 2.17. The van der Waals surface area contributed by atoms with Gasteiger partial charge in [0.25, 0.3) is 0 Å². The number of aryl methyl sites for hydroxylation is 2. The first kappa shape index (κ1) is 17.9. The summed E-state index contributed by atoms with van der Waals surface area (Å²) in [5.74, 6) is 0.478. The molecule has 24 heavy (non-hydrogen) atoms. The largest absolute Gasteiger partial charge is 0.508 e. The van der Waals surface area contributed by atoms with Crippen molar-refractivity contribution < 1.29 is 15.0 Å². The van der Waals surface area contributed by atoms with Crippen LogP contribution in [0.5, 0.6) is 11.5 Å². The van der Waals surface area contributed by atoms with E-state index in [1.165, 1.54) is 0 Å². The van der Waals surface area contributed by atoms with E-state index in [0.29, 0.717) is 12.8 Å². The smallest absolute Gasteiger partial charge is 0.227 e. The molecule has 2 N–H and O–H groups in total. The quantitative estimate of drug-likeness (QED) is 0.886. The van der Waals surface area contributed by atoms with Gasteiger partial charge in [-0.05, 0) is 75.6 Å². The SMILES string of the molecule is Cc1cc(N(C(=O)CCc2ccc(O)cc2)C(C)(C)C)ccc1O. The second-order valence-electron chi connectivity index (χ2n) is 7.04. The molecule has 0 aliphatic carbocycles. The number of nitrogens with zero attached hydrogens (tertiary/aromatic N) is 1. The Labute approximate surface area is 143 Å². The molecule has 0 aromatic heterocycles. The molecule has 4 heteroatoms. The van der Waals surface area contributed by atoms with Crippen molar-refractivity contribution in [3.8, 4) is 11.5 Å². The first-order valence-corrected chi connectivity index (χ1v) is 8.09. The van der Waals surface area contributed by atoms with Crippen molar-refractivity contribution in [1.29, 1.82) is 0 Å². The second-order valence-corrected chi connectivity index (χ2v) is 7.04. The van der Waals surface area contributed by atoms with Gasteiger partial charge < -0.3 is 15.1 Å². The lowest BCUT2D eigenvalue weighted by Crippen LogP contribution is -2.46. The van der Waals surface area contributed by atoms with Crippen LogP contribution in [-0.2, 0) is 11.2 Å². The van der Waals surface area contributed by atoms with E-state index >= 15 is 0 Å². The maximum absolute atomic E-state index is 12.8. The number of hydrogen-bond donors (Lipinski definition) is 2. The molecule has 0 unspecified atom stereocenters. The highest BCUT2D eigenvalue weighted by Gasteiger charge is 2.28. The van der Waals surface area contributed by atoms with Gasteiger partial charge in [-0.1, -0.05) is 12.1 Å². The zero-order valence-corrected chi connectivity index (χ0v) is 14.7. The molecule has 0 saturated carbocycles. The summed E-state index contributed by atoms with van der Waals surface area (Å²) >= 11 is 0. The summed E-state index contributed by atoms with van der Waals surface area (Å²) in [7, 11) is 0. The molecule has 128 valence electrons. The third-order valence-corrected chi connectivity index (χ3v) is 3.92. The lowest BCUT2D eigenvalue weighted by Gasteiger charge is -2.36. The van der Waals surface area contributed by atoms with Gasteiger partial charge in [0.1, 0.15) is 11.5 Å². The van der Waals surface area contributed by atoms with E-state index in [1.54, 1.807) is 29.2 Å². The molecule has 0 heterocycles. The molecule has 0 bridgehead atoms. The summed E-state index contributed by atoms with van der Waals surface area (Å²) < 4.78 is 0. The van der Waals surface area contributed by atoms with Gasteiger partial charge in [0.05, 0.1) is 0 Å². The Morgan fingerprint density at radius 3 is 2.21 bits per heavy atom. The average molecular weight is 327 g/mol. The van der Waals surface area contributed by atoms with Crippen molar-refractivity contribution in [2.24, 2.45) is 0 Å². The fourth-order valence-corrected chi connectivity index (χ4v) is 2.71. The Kier molecular flexibility index (Phi) is 5.17. The zero-order chi connectivity index (χ0) is 17.9. The summed E-state index contributed by atoms with van der Waals surface area (Å²) in [6.07, 6.45) is 0.991. The van der Waals surface area contributed by atoms with Gasteiger partial charge in [0.2, 0.25) is 5.91 Å². The van der Waals surface area contributed by atoms with Crippen LogP contribution < -0.4 is 4.90 Å². The molecule has 2 aromatic rings. The Hall–Kier alpha value is -2.49. The first-order chi connectivity index (χ1) is 11.2. The minimum absolute atomic E-state index is 0.0284. The molecular formula is C20H25NO3. The number of aromatic hydroxyl groups is 2. The van der Waals surface area contributed by atoms with Crippen LogP contribution in [0.2, 0.25) is 0 Å². The average Bonchev–Trinajstić information content (AvgIpc) is 2.49. The van der Waals surface area contributed by atoms with Gasteiger partial charge in [-0.15, -0.1) is 0 Å². The van der Waals surface area contributed by atoms with E-state index < -0.39 is 0 Å². The van der Waals surface area contributed by atoms with Crippen molar-refractivity contribution in [3.63, 3.8) is 0 Å². The Morgan fingerprint density at radius 1 is 1.04 bits per heavy atom. The molecule has 2 aromatic carbocycles. The number of phenolic OH excluding ortho intramolecular Hbond substituents is 2. The molecule has 0 atom stereocenters. The maximum Gasteiger partial charge on any atom is 0.227 e. The molecule has 0 fully saturated rings. The van der Waals surface area contributed by atoms with Crippen LogP contribution in [0.3, 0.4) is 0 Å². The van der Waals surface area contributed by atoms with E-state index in [4.69, 9.17) is 0 Å². The van der Waals surface area contributed by atoms with E-state index in [-0.39, 0.29) is 22.9 Å². The first-order valence-electron chi connectivity index (χ1n) is 8.09. The van der Waals surface area contributed by atoms with E-state index in [1.807, 2.05) is 45.9 Å². The molecule has 1 amide bonds. The van der Waals surface area contributed by atoms with E-state index in [9.17, 15) is 15.0 Å². The van der Waals surface area contributed by atoms with Gasteiger partial charge in [0.15, 0.2) is 0 Å². The summed E-state index contributed by atoms with van der Waals surface area (Å²) in [5, 5.41) is 19.0. The predicted molar refractivity (Wildman–Crippen MR) is 96.5 cm³/mol. The van der Waals surface area contributed by atoms with Crippen LogP contribution in [0.25, 0.3) is 0 Å². The Morgan fingerprint density at radius 2 is 1.67 bits per heavy atom. The minimum Gasteiger partial charge on any atom is -0.508 e. The number of carbonyl (C=O) groups is 1. The van der Waals surface area contributed by atoms with Crippen molar-refractivity contribution in [2.75, 3.05) is 4.90 Å². The van der Waals surface area contributed by atoms with Gasteiger partial charge in [-0.2, -0.15) is 0 Å². The normalized spacial score (nSPS) is 11.3. The number of anilines is 1. The summed E-state index contributed by atoms with van der Waals surface area (Å²) in [6.45, 7) is 7.80. The molecule has 0 aliphatic heterocycles. The number of phenols is 2. The Bertz CT molecular complexity index is 715. The third-order valence-electron chi connectivity index (χ3n) is 3.92. The fraction of sp³-hybridized carbons (Fsp3) is 0.350. The standard InChI is InChI=1S/C20H25NO3/c1-14-13-16(8-11-18(14)23)21(20(2,3)4)19(24)12-7-15-5-9-17(22)10-6-15/h5-6,8-11,13,22-23H,7,12H2,1-4H3. The van der Waals surface area contributed by atoms with Crippen molar-refractivity contribution in [2.45, 2.75) is 46.1 Å². The molecule has 0 radical (unpaired) electrons. The highest BCUT2D eigenvalue weighted by Crippen LogP contribution is 2.29. The minimum atomic E-state index is -0.366. The van der Waals surface area contributed by atoms with Gasteiger partial charge in [-0.25, -0.2) is 0 Å². The van der Waals surface area contributed by atoms with Crippen molar-refractivity contribution in [3.05, 3.63) is 53.6 Å². The van der Waals surface area contributed by atoms with Gasteiger partial charge in [0, 0.05) is 17.6 Å². The van der Waals surface area contributed by atoms with Crippen LogP contribution in [-0.4, -0.2) is 21.7 Å². The lowest BCUT2D eigenvalue weighted by molar-refractivity contribution is -0.119. The highest BCUT2D eigenvalue weighted by molar-refractivity contribution is 5.95. The number of benzene rings is 2. The van der Waals surface area contributed by atoms with Crippen LogP contribution >= 0.6 is 0 Å². The number of amides is 1. The van der Waals surface area contributed by atoms with E-state index in [0.717, 1.165) is 16.8 Å². The monoisotopic (exact) mass is 327 g/mol. The van der Waals surface area contributed by atoms with Gasteiger partial charge in [-0.3, -0.25) is 4.79 Å². The molecule has 0 saturated heterocycles. The van der Waals surface area contributed by atoms with Crippen molar-refractivity contribution in [1.82, 2.24) is 0 Å². The highest BCUT2D eigenvalue weighted by atomic mass is 16.3. The van der Waals surface area contributed by atoms with Crippen LogP contribution in [0.4, 0.5) is 5.69 Å². The lowest BCUT2D eigenvalue weighted by atomic mass is 10.0. The van der Waals surface area contributed by atoms with Gasteiger partial charge >= 0.3 is 0 Å². The molecule has 4 nitrogen and oxygen atoms in total. The summed E-state index contributed by atoms with van der Waals surface area (Å²) in [6, 6.07) is 12.1. The molecule has 0 aliphatic rings. The topological polar surface area (TPSA) is 60.8 Å². The zero-order valence-electron chi connectivity index (χ0n) is 14.7. The van der Waals surface area contributed by atoms with Crippen molar-refractivity contribution >= 4 is 11.6 Å². The third kappa shape index (κ3) is 4.28. The number of carbonyl (C=O) groups excluding carboxylic acids is 1. The molecule has 2 rings (SSSR count). The second kappa shape index (κ2) is 6.95. The van der Waals surface area contributed by atoms with Crippen LogP contribution in [0, 0.1) is 6.92 Å². The van der Waals surface area contributed by atoms with Crippen LogP contribution in [0.15, 0.2) is 42.5 Å². The fourth-order valence-electron chi connectivity index (χ4n) is 2.71. The number of hydrogen-bond acceptors (Lipinski definition) is 3. The number of rotatable bonds is 4. The predicted octanol–water partition coefficient (Wildman–Crippen LogP) is 4.17. The Balaban J connectivity index is 2.19. The molecule has 0 spiro atoms. The molecular weight excluding hydrogens is 302 g/mol. The summed E-state index contributed by atoms with van der Waals surface area (Å²) in [4.78, 5) is 14.6. The van der Waals surface area contributed by atoms with E-state index in [2.05, 4.69) is 0 Å². The maximum atomic E-state index is 12.8.